The Morgan fingerprint density at radius 2 is 0.860 bits per heavy atom. The lowest BCUT2D eigenvalue weighted by atomic mass is 10.1. The predicted octanol–water partition coefficient (Wildman–Crippen LogP) is 5.52. The number of rotatable bonds is 8. The van der Waals surface area contributed by atoms with Gasteiger partial charge < -0.3 is 35.1 Å². The standard InChI is InChI=1S/2C12H15NO4.4C2H6.H2O/c2*1-8(14)17-7-10-5-4-9(12(15)13-2)6-11(10)16-3;4*1-2;/h2*4-6H,7H2,1-3H3,(H,13,15);4*1-2H3;1H2. The molecule has 0 bridgehead atoms. The Balaban J connectivity index is -0.000000178. The number of hydrogen-bond acceptors (Lipinski definition) is 8. The summed E-state index contributed by atoms with van der Waals surface area (Å²) in [4.78, 5) is 44.2. The summed E-state index contributed by atoms with van der Waals surface area (Å²) in [5, 5.41) is 5.04. The summed E-state index contributed by atoms with van der Waals surface area (Å²) in [6.45, 7) is 18.9. The first-order valence-electron chi connectivity index (χ1n) is 14.2. The van der Waals surface area contributed by atoms with Crippen LogP contribution in [0, 0.1) is 0 Å². The highest BCUT2D eigenvalue weighted by Gasteiger charge is 2.11. The van der Waals surface area contributed by atoms with Crippen LogP contribution in [-0.2, 0) is 32.3 Å². The van der Waals surface area contributed by atoms with Crippen LogP contribution in [0.2, 0.25) is 0 Å². The van der Waals surface area contributed by atoms with E-state index in [4.69, 9.17) is 18.9 Å². The molecule has 0 unspecified atom stereocenters. The van der Waals surface area contributed by atoms with Gasteiger partial charge in [-0.1, -0.05) is 67.5 Å². The van der Waals surface area contributed by atoms with E-state index in [2.05, 4.69) is 10.6 Å². The normalized spacial score (nSPS) is 8.14. The van der Waals surface area contributed by atoms with Crippen LogP contribution in [0.4, 0.5) is 0 Å². The zero-order chi connectivity index (χ0) is 33.7. The van der Waals surface area contributed by atoms with Crippen molar-refractivity contribution in [2.75, 3.05) is 28.3 Å². The summed E-state index contributed by atoms with van der Waals surface area (Å²) in [5.74, 6) is -0.0609. The monoisotopic (exact) mass is 612 g/mol. The van der Waals surface area contributed by atoms with Crippen LogP contribution in [0.1, 0.15) is 101 Å². The Labute approximate surface area is 258 Å². The van der Waals surface area contributed by atoms with Crippen molar-refractivity contribution in [1.29, 1.82) is 0 Å². The van der Waals surface area contributed by atoms with Gasteiger partial charge in [0.05, 0.1) is 14.2 Å². The molecule has 2 aromatic carbocycles. The Hall–Kier alpha value is -4.12. The van der Waals surface area contributed by atoms with E-state index in [9.17, 15) is 19.2 Å². The molecule has 0 spiro atoms. The molecule has 0 aliphatic carbocycles. The summed E-state index contributed by atoms with van der Waals surface area (Å²) < 4.78 is 20.0. The van der Waals surface area contributed by atoms with Crippen molar-refractivity contribution in [2.45, 2.75) is 82.5 Å². The smallest absolute Gasteiger partial charge is 0.302 e. The zero-order valence-corrected chi connectivity index (χ0v) is 28.6. The number of carbonyl (C=O) groups is 4. The lowest BCUT2D eigenvalue weighted by molar-refractivity contribution is -0.143. The molecule has 11 nitrogen and oxygen atoms in total. The van der Waals surface area contributed by atoms with Crippen molar-refractivity contribution in [3.63, 3.8) is 0 Å². The fourth-order valence-electron chi connectivity index (χ4n) is 2.66. The highest BCUT2D eigenvalue weighted by Crippen LogP contribution is 2.22. The summed E-state index contributed by atoms with van der Waals surface area (Å²) in [7, 11) is 6.11. The number of hydrogen-bond donors (Lipinski definition) is 2. The number of carbonyl (C=O) groups excluding carboxylic acids is 4. The van der Waals surface area contributed by atoms with E-state index >= 15 is 0 Å². The molecular weight excluding hydrogens is 556 g/mol. The molecule has 0 saturated heterocycles. The second kappa shape index (κ2) is 32.4. The van der Waals surface area contributed by atoms with Gasteiger partial charge in [-0.05, 0) is 24.3 Å². The molecule has 11 heteroatoms. The molecule has 248 valence electrons. The maximum atomic E-state index is 11.4. The molecule has 0 aliphatic heterocycles. The van der Waals surface area contributed by atoms with E-state index in [0.29, 0.717) is 22.6 Å². The average Bonchev–Trinajstić information content (AvgIpc) is 3.05. The summed E-state index contributed by atoms with van der Waals surface area (Å²) in [5.41, 5.74) is 2.43. The molecule has 0 fully saturated rings. The highest BCUT2D eigenvalue weighted by molar-refractivity contribution is 5.95. The van der Waals surface area contributed by atoms with E-state index in [-0.39, 0.29) is 42.4 Å². The molecule has 0 saturated carbocycles. The number of methoxy groups -OCH3 is 2. The molecule has 0 heterocycles. The van der Waals surface area contributed by atoms with Crippen LogP contribution in [0.3, 0.4) is 0 Å². The summed E-state index contributed by atoms with van der Waals surface area (Å²) in [6, 6.07) is 9.92. The molecular formula is C32H56N2O9. The van der Waals surface area contributed by atoms with Gasteiger partial charge in [0, 0.05) is 50.2 Å². The van der Waals surface area contributed by atoms with Gasteiger partial charge in [-0.15, -0.1) is 0 Å². The first-order valence-corrected chi connectivity index (χ1v) is 14.2. The summed E-state index contributed by atoms with van der Waals surface area (Å²) >= 11 is 0. The number of esters is 2. The molecule has 43 heavy (non-hydrogen) atoms. The third kappa shape index (κ3) is 21.3. The first kappa shape index (κ1) is 48.6. The number of ether oxygens (including phenoxy) is 4. The fourth-order valence-corrected chi connectivity index (χ4v) is 2.66. The van der Waals surface area contributed by atoms with Crippen molar-refractivity contribution in [3.8, 4) is 11.5 Å². The van der Waals surface area contributed by atoms with E-state index in [0.717, 1.165) is 11.1 Å². The minimum Gasteiger partial charge on any atom is -0.496 e. The predicted molar refractivity (Wildman–Crippen MR) is 173 cm³/mol. The molecule has 0 radical (unpaired) electrons. The molecule has 0 aliphatic rings. The lowest BCUT2D eigenvalue weighted by Crippen LogP contribution is -2.17. The van der Waals surface area contributed by atoms with Crippen molar-refractivity contribution in [1.82, 2.24) is 10.6 Å². The highest BCUT2D eigenvalue weighted by atomic mass is 16.5. The van der Waals surface area contributed by atoms with Gasteiger partial charge in [-0.25, -0.2) is 0 Å². The molecule has 2 rings (SSSR count). The molecule has 0 atom stereocenters. The van der Waals surface area contributed by atoms with Crippen molar-refractivity contribution in [3.05, 3.63) is 58.7 Å². The van der Waals surface area contributed by atoms with Gasteiger partial charge in [-0.2, -0.15) is 0 Å². The van der Waals surface area contributed by atoms with E-state index in [1.807, 2.05) is 55.4 Å². The van der Waals surface area contributed by atoms with Gasteiger partial charge in [-0.3, -0.25) is 19.2 Å². The van der Waals surface area contributed by atoms with Crippen LogP contribution in [-0.4, -0.2) is 57.5 Å². The molecule has 4 N–H and O–H groups in total. The summed E-state index contributed by atoms with van der Waals surface area (Å²) in [6.07, 6.45) is 0. The zero-order valence-electron chi connectivity index (χ0n) is 28.6. The Morgan fingerprint density at radius 1 is 0.581 bits per heavy atom. The Kier molecular flexibility index (Phi) is 36.6. The quantitative estimate of drug-likeness (QED) is 0.369. The fraction of sp³-hybridized carbons (Fsp3) is 0.500. The maximum Gasteiger partial charge on any atom is 0.302 e. The largest absolute Gasteiger partial charge is 0.496 e. The van der Waals surface area contributed by atoms with Gasteiger partial charge in [0.15, 0.2) is 0 Å². The lowest BCUT2D eigenvalue weighted by Gasteiger charge is -2.10. The molecule has 2 amide bonds. The number of benzene rings is 2. The third-order valence-electron chi connectivity index (χ3n) is 4.41. The Bertz CT molecular complexity index is 944. The van der Waals surface area contributed by atoms with Crippen LogP contribution in [0.15, 0.2) is 36.4 Å². The average molecular weight is 613 g/mol. The third-order valence-corrected chi connectivity index (χ3v) is 4.41. The number of nitrogens with one attached hydrogen (secondary N) is 2. The van der Waals surface area contributed by atoms with Crippen LogP contribution in [0.25, 0.3) is 0 Å². The van der Waals surface area contributed by atoms with Crippen LogP contribution in [0.5, 0.6) is 11.5 Å². The van der Waals surface area contributed by atoms with E-state index < -0.39 is 0 Å². The minimum atomic E-state index is -0.359. The molecule has 0 aromatic heterocycles. The van der Waals surface area contributed by atoms with Gasteiger partial charge >= 0.3 is 11.9 Å². The number of amides is 2. The second-order valence-corrected chi connectivity index (χ2v) is 6.77. The van der Waals surface area contributed by atoms with Gasteiger partial charge in [0.25, 0.3) is 11.8 Å². The van der Waals surface area contributed by atoms with Crippen LogP contribution < -0.4 is 20.1 Å². The van der Waals surface area contributed by atoms with Crippen molar-refractivity contribution < 1.29 is 43.6 Å². The molecule has 2 aromatic rings. The van der Waals surface area contributed by atoms with Crippen LogP contribution >= 0.6 is 0 Å². The van der Waals surface area contributed by atoms with Crippen molar-refractivity contribution >= 4 is 23.8 Å². The van der Waals surface area contributed by atoms with E-state index in [1.165, 1.54) is 28.1 Å². The second-order valence-electron chi connectivity index (χ2n) is 6.77. The topological polar surface area (TPSA) is 161 Å². The Morgan fingerprint density at radius 3 is 1.07 bits per heavy atom. The minimum absolute atomic E-state index is 0. The van der Waals surface area contributed by atoms with Crippen molar-refractivity contribution in [2.24, 2.45) is 0 Å². The van der Waals surface area contributed by atoms with Gasteiger partial charge in [0.1, 0.15) is 24.7 Å². The van der Waals surface area contributed by atoms with Gasteiger partial charge in [0.2, 0.25) is 0 Å². The maximum absolute atomic E-state index is 11.4. The van der Waals surface area contributed by atoms with E-state index in [1.54, 1.807) is 50.5 Å². The first-order chi connectivity index (χ1) is 20.2. The SMILES string of the molecule is CC.CC.CC.CC.CNC(=O)c1ccc(COC(C)=O)c(OC)c1.CNC(=O)c1ccc(COC(C)=O)c(OC)c1.O.